The summed E-state index contributed by atoms with van der Waals surface area (Å²) in [6, 6.07) is 15.6. The van der Waals surface area contributed by atoms with Gasteiger partial charge in [0.2, 0.25) is 0 Å². The predicted molar refractivity (Wildman–Crippen MR) is 92.2 cm³/mol. The molecule has 23 heavy (non-hydrogen) atoms. The number of para-hydroxylation sites is 1. The maximum atomic E-state index is 12.1. The van der Waals surface area contributed by atoms with Crippen molar-refractivity contribution in [2.45, 2.75) is 19.8 Å². The van der Waals surface area contributed by atoms with Crippen molar-refractivity contribution in [1.29, 1.82) is 0 Å². The summed E-state index contributed by atoms with van der Waals surface area (Å²) in [7, 11) is 0. The highest BCUT2D eigenvalue weighted by molar-refractivity contribution is 7.07. The number of ketones is 1. The Morgan fingerprint density at radius 2 is 1.96 bits per heavy atom. The van der Waals surface area contributed by atoms with Crippen molar-refractivity contribution in [1.82, 2.24) is 4.98 Å². The zero-order chi connectivity index (χ0) is 16.1. The first kappa shape index (κ1) is 15.4. The number of ether oxygens (including phenoxy) is 1. The lowest BCUT2D eigenvalue weighted by Crippen LogP contribution is -2.07. The molecule has 3 aromatic rings. The van der Waals surface area contributed by atoms with Crippen LogP contribution in [-0.2, 0) is 17.6 Å². The van der Waals surface area contributed by atoms with E-state index in [0.717, 1.165) is 28.3 Å². The molecule has 0 aliphatic carbocycles. The van der Waals surface area contributed by atoms with Crippen LogP contribution in [0.15, 0.2) is 59.4 Å². The molecule has 3 nitrogen and oxygen atoms in total. The molecule has 116 valence electrons. The molecule has 0 aliphatic heterocycles. The lowest BCUT2D eigenvalue weighted by molar-refractivity contribution is -0.117. The molecule has 0 unspecified atom stereocenters. The molecule has 0 saturated carbocycles. The number of benzene rings is 2. The van der Waals surface area contributed by atoms with Gasteiger partial charge >= 0.3 is 0 Å². The third-order valence-electron chi connectivity index (χ3n) is 3.47. The molecule has 0 N–H and O–H groups in total. The summed E-state index contributed by atoms with van der Waals surface area (Å²) in [5.74, 6) is 1.79. The number of aromatic nitrogens is 1. The molecular weight excluding hydrogens is 306 g/mol. The fourth-order valence-corrected chi connectivity index (χ4v) is 2.93. The Hall–Kier alpha value is -2.46. The minimum atomic E-state index is 0.173. The van der Waals surface area contributed by atoms with Gasteiger partial charge in [0.15, 0.2) is 0 Å². The number of rotatable bonds is 6. The van der Waals surface area contributed by atoms with E-state index in [-0.39, 0.29) is 5.78 Å². The summed E-state index contributed by atoms with van der Waals surface area (Å²) in [5.41, 5.74) is 4.62. The van der Waals surface area contributed by atoms with Crippen LogP contribution in [-0.4, -0.2) is 10.8 Å². The van der Waals surface area contributed by atoms with E-state index in [9.17, 15) is 4.79 Å². The molecule has 0 bridgehead atoms. The molecular formula is C19H17NO2S. The Morgan fingerprint density at radius 3 is 2.65 bits per heavy atom. The number of carbonyl (C=O) groups is 1. The third-order valence-corrected chi connectivity index (χ3v) is 4.11. The molecule has 0 saturated heterocycles. The Balaban J connectivity index is 1.65. The molecule has 0 atom stereocenters. The molecule has 0 spiro atoms. The molecule has 0 aliphatic rings. The predicted octanol–water partition coefficient (Wildman–Crippen LogP) is 4.60. The van der Waals surface area contributed by atoms with E-state index in [1.165, 1.54) is 11.3 Å². The van der Waals surface area contributed by atoms with Crippen molar-refractivity contribution in [3.63, 3.8) is 0 Å². The first-order valence-electron chi connectivity index (χ1n) is 7.42. The Morgan fingerprint density at radius 1 is 1.13 bits per heavy atom. The average Bonchev–Trinajstić information content (AvgIpc) is 3.04. The van der Waals surface area contributed by atoms with Crippen LogP contribution in [0.4, 0.5) is 0 Å². The number of hydrogen-bond donors (Lipinski definition) is 0. The zero-order valence-corrected chi connectivity index (χ0v) is 13.7. The Kier molecular flexibility index (Phi) is 4.83. The van der Waals surface area contributed by atoms with Gasteiger partial charge in [0.25, 0.3) is 0 Å². The average molecular weight is 323 g/mol. The largest absolute Gasteiger partial charge is 0.457 e. The van der Waals surface area contributed by atoms with Gasteiger partial charge in [-0.15, -0.1) is 11.3 Å². The molecule has 1 aromatic heterocycles. The van der Waals surface area contributed by atoms with E-state index >= 15 is 0 Å². The lowest BCUT2D eigenvalue weighted by atomic mass is 10.0. The van der Waals surface area contributed by atoms with Crippen molar-refractivity contribution >= 4 is 17.1 Å². The summed E-state index contributed by atoms with van der Waals surface area (Å²) in [5, 5.41) is 1.92. The standard InChI is InChI=1S/C19H17NO2S/c1-14-9-15(10-17(21)11-16-12-23-13-20-16)7-8-19(14)22-18-5-3-2-4-6-18/h2-9,12-13H,10-11H2,1H3. The van der Waals surface area contributed by atoms with Crippen LogP contribution < -0.4 is 4.74 Å². The van der Waals surface area contributed by atoms with Crippen LogP contribution >= 0.6 is 11.3 Å². The monoisotopic (exact) mass is 323 g/mol. The Labute approximate surface area is 139 Å². The Bertz CT molecular complexity index is 782. The second-order valence-electron chi connectivity index (χ2n) is 5.39. The number of hydrogen-bond acceptors (Lipinski definition) is 4. The number of carbonyl (C=O) groups excluding carboxylic acids is 1. The van der Waals surface area contributed by atoms with Crippen molar-refractivity contribution in [3.05, 3.63) is 76.2 Å². The fraction of sp³-hybridized carbons (Fsp3) is 0.158. The highest BCUT2D eigenvalue weighted by Gasteiger charge is 2.09. The summed E-state index contributed by atoms with van der Waals surface area (Å²) >= 11 is 1.51. The molecule has 0 amide bonds. The number of thiazole rings is 1. The van der Waals surface area contributed by atoms with Gasteiger partial charge < -0.3 is 4.74 Å². The highest BCUT2D eigenvalue weighted by Crippen LogP contribution is 2.25. The van der Waals surface area contributed by atoms with E-state index in [2.05, 4.69) is 4.98 Å². The summed E-state index contributed by atoms with van der Waals surface area (Å²) in [6.45, 7) is 1.99. The van der Waals surface area contributed by atoms with Crippen LogP contribution in [0.1, 0.15) is 16.8 Å². The maximum Gasteiger partial charge on any atom is 0.143 e. The number of Topliss-reactive ketones (excluding diaryl/α,β-unsaturated/α-hetero) is 1. The third kappa shape index (κ3) is 4.27. The SMILES string of the molecule is Cc1cc(CC(=O)Cc2cscn2)ccc1Oc1ccccc1. The van der Waals surface area contributed by atoms with Crippen molar-refractivity contribution in [2.75, 3.05) is 0 Å². The van der Waals surface area contributed by atoms with Crippen molar-refractivity contribution < 1.29 is 9.53 Å². The van der Waals surface area contributed by atoms with Gasteiger partial charge in [-0.25, -0.2) is 4.98 Å². The van der Waals surface area contributed by atoms with Crippen LogP contribution in [0.2, 0.25) is 0 Å². The fourth-order valence-electron chi connectivity index (χ4n) is 2.37. The smallest absolute Gasteiger partial charge is 0.143 e. The van der Waals surface area contributed by atoms with Gasteiger partial charge in [0.05, 0.1) is 11.2 Å². The normalized spacial score (nSPS) is 10.5. The minimum Gasteiger partial charge on any atom is -0.457 e. The molecule has 0 radical (unpaired) electrons. The van der Waals surface area contributed by atoms with Gasteiger partial charge in [-0.05, 0) is 36.2 Å². The second-order valence-corrected chi connectivity index (χ2v) is 6.11. The van der Waals surface area contributed by atoms with Crippen LogP contribution in [0.3, 0.4) is 0 Å². The van der Waals surface area contributed by atoms with Crippen LogP contribution in [0, 0.1) is 6.92 Å². The van der Waals surface area contributed by atoms with Crippen LogP contribution in [0.5, 0.6) is 11.5 Å². The first-order chi connectivity index (χ1) is 11.2. The highest BCUT2D eigenvalue weighted by atomic mass is 32.1. The summed E-state index contributed by atoms with van der Waals surface area (Å²) in [4.78, 5) is 16.3. The first-order valence-corrected chi connectivity index (χ1v) is 8.36. The van der Waals surface area contributed by atoms with E-state index in [4.69, 9.17) is 4.74 Å². The van der Waals surface area contributed by atoms with Gasteiger partial charge in [-0.3, -0.25) is 4.79 Å². The minimum absolute atomic E-state index is 0.173. The van der Waals surface area contributed by atoms with E-state index < -0.39 is 0 Å². The summed E-state index contributed by atoms with van der Waals surface area (Å²) < 4.78 is 5.86. The van der Waals surface area contributed by atoms with E-state index in [1.807, 2.05) is 60.8 Å². The van der Waals surface area contributed by atoms with E-state index in [1.54, 1.807) is 5.51 Å². The van der Waals surface area contributed by atoms with Gasteiger partial charge in [-0.1, -0.05) is 30.3 Å². The van der Waals surface area contributed by atoms with Gasteiger partial charge in [0.1, 0.15) is 17.3 Å². The lowest BCUT2D eigenvalue weighted by Gasteiger charge is -2.10. The molecule has 4 heteroatoms. The second kappa shape index (κ2) is 7.20. The topological polar surface area (TPSA) is 39.2 Å². The number of aryl methyl sites for hydroxylation is 1. The quantitative estimate of drug-likeness (QED) is 0.665. The van der Waals surface area contributed by atoms with E-state index in [0.29, 0.717) is 12.8 Å². The number of nitrogens with zero attached hydrogens (tertiary/aromatic N) is 1. The van der Waals surface area contributed by atoms with Crippen LogP contribution in [0.25, 0.3) is 0 Å². The van der Waals surface area contributed by atoms with Gasteiger partial charge in [0, 0.05) is 18.2 Å². The zero-order valence-electron chi connectivity index (χ0n) is 12.9. The molecule has 1 heterocycles. The van der Waals surface area contributed by atoms with Crippen molar-refractivity contribution in [3.8, 4) is 11.5 Å². The molecule has 3 rings (SSSR count). The summed E-state index contributed by atoms with van der Waals surface area (Å²) in [6.07, 6.45) is 0.814. The van der Waals surface area contributed by atoms with Crippen molar-refractivity contribution in [2.24, 2.45) is 0 Å². The van der Waals surface area contributed by atoms with Gasteiger partial charge in [-0.2, -0.15) is 0 Å². The molecule has 0 fully saturated rings. The maximum absolute atomic E-state index is 12.1. The molecule has 2 aromatic carbocycles.